The summed E-state index contributed by atoms with van der Waals surface area (Å²) >= 11 is 0. The maximum absolute atomic E-state index is 11.9. The Labute approximate surface area is 122 Å². The van der Waals surface area contributed by atoms with Crippen LogP contribution in [0, 0.1) is 0 Å². The molecule has 0 aliphatic carbocycles. The van der Waals surface area contributed by atoms with Crippen LogP contribution in [0.4, 0.5) is 8.78 Å². The van der Waals surface area contributed by atoms with Crippen LogP contribution in [0.2, 0.25) is 0 Å². The first-order valence-electron chi connectivity index (χ1n) is 8.02. The monoisotopic (exact) mass is 294 g/mol. The fourth-order valence-electron chi connectivity index (χ4n) is 2.23. The van der Waals surface area contributed by atoms with Crippen LogP contribution in [-0.4, -0.2) is 25.7 Å². The Hall–Kier alpha value is -0.260. The van der Waals surface area contributed by atoms with Gasteiger partial charge in [0, 0.05) is 12.6 Å². The summed E-state index contributed by atoms with van der Waals surface area (Å²) in [4.78, 5) is 0. The lowest BCUT2D eigenvalue weighted by Crippen LogP contribution is -2.36. The van der Waals surface area contributed by atoms with Crippen molar-refractivity contribution in [1.29, 1.82) is 0 Å². The van der Waals surface area contributed by atoms with Crippen molar-refractivity contribution in [3.63, 3.8) is 0 Å². The zero-order valence-electron chi connectivity index (χ0n) is 12.9. The van der Waals surface area contributed by atoms with Crippen LogP contribution >= 0.6 is 0 Å². The molecular weight excluding hydrogens is 262 g/mol. The number of halogens is 2. The van der Waals surface area contributed by atoms with E-state index in [0.717, 1.165) is 12.8 Å². The largest absolute Gasteiger partial charge is 0.375 e. The van der Waals surface area contributed by atoms with Crippen molar-refractivity contribution < 1.29 is 13.5 Å². The maximum atomic E-state index is 11.9. The Balaban J connectivity index is 3.32. The predicted octanol–water partition coefficient (Wildman–Crippen LogP) is 4.02. The third-order valence-electron chi connectivity index (χ3n) is 3.50. The van der Waals surface area contributed by atoms with Gasteiger partial charge in [-0.15, -0.1) is 0 Å². The first kappa shape index (κ1) is 19.7. The Morgan fingerprint density at radius 3 is 2.10 bits per heavy atom. The van der Waals surface area contributed by atoms with E-state index in [1.165, 1.54) is 44.9 Å². The normalized spacial score (nSPS) is 13.1. The molecule has 0 aliphatic heterocycles. The van der Waals surface area contributed by atoms with Crippen molar-refractivity contribution >= 4 is 0 Å². The summed E-state index contributed by atoms with van der Waals surface area (Å²) in [6.07, 6.45) is 9.59. The highest BCUT2D eigenvalue weighted by Crippen LogP contribution is 2.11. The van der Waals surface area contributed by atoms with Gasteiger partial charge in [-0.05, 0) is 12.8 Å². The fourth-order valence-corrected chi connectivity index (χ4v) is 2.23. The standard InChI is InChI=1S/C15H32F2N2O/c1-2-3-4-5-6-7-8-9-10-14(19-18)11-12-20-13-15(16)17/h14-15,19H,2-13,18H2,1H3. The second-order valence-electron chi connectivity index (χ2n) is 5.38. The van der Waals surface area contributed by atoms with E-state index in [1.54, 1.807) is 0 Å². The summed E-state index contributed by atoms with van der Waals surface area (Å²) in [7, 11) is 0. The topological polar surface area (TPSA) is 47.3 Å². The van der Waals surface area contributed by atoms with E-state index in [4.69, 9.17) is 10.6 Å². The summed E-state index contributed by atoms with van der Waals surface area (Å²) in [5.41, 5.74) is 2.74. The van der Waals surface area contributed by atoms with E-state index in [2.05, 4.69) is 12.3 Å². The van der Waals surface area contributed by atoms with E-state index in [9.17, 15) is 8.78 Å². The van der Waals surface area contributed by atoms with Crippen LogP contribution in [0.3, 0.4) is 0 Å². The highest BCUT2D eigenvalue weighted by molar-refractivity contribution is 4.63. The second-order valence-corrected chi connectivity index (χ2v) is 5.38. The molecule has 0 rings (SSSR count). The van der Waals surface area contributed by atoms with Crippen molar-refractivity contribution in [1.82, 2.24) is 5.43 Å². The number of alkyl halides is 2. The average molecular weight is 294 g/mol. The zero-order valence-corrected chi connectivity index (χ0v) is 12.9. The van der Waals surface area contributed by atoms with E-state index in [0.29, 0.717) is 13.0 Å². The summed E-state index contributed by atoms with van der Waals surface area (Å²) < 4.78 is 28.6. The van der Waals surface area contributed by atoms with Crippen LogP contribution in [0.1, 0.15) is 71.1 Å². The van der Waals surface area contributed by atoms with E-state index < -0.39 is 13.0 Å². The molecule has 5 heteroatoms. The number of ether oxygens (including phenoxy) is 1. The van der Waals surface area contributed by atoms with Crippen molar-refractivity contribution in [2.24, 2.45) is 5.84 Å². The quantitative estimate of drug-likeness (QED) is 0.272. The SMILES string of the molecule is CCCCCCCCCCC(CCOCC(F)F)NN. The predicted molar refractivity (Wildman–Crippen MR) is 79.8 cm³/mol. The molecule has 3 nitrogen and oxygen atoms in total. The average Bonchev–Trinajstić information content (AvgIpc) is 2.43. The fraction of sp³-hybridized carbons (Fsp3) is 1.00. The number of hydrazine groups is 1. The second kappa shape index (κ2) is 15.1. The molecule has 0 saturated carbocycles. The summed E-state index contributed by atoms with van der Waals surface area (Å²) in [6.45, 7) is 2.09. The van der Waals surface area contributed by atoms with Gasteiger partial charge in [0.1, 0.15) is 6.61 Å². The molecule has 20 heavy (non-hydrogen) atoms. The molecule has 0 aromatic rings. The summed E-state index contributed by atoms with van der Waals surface area (Å²) in [6, 6.07) is 0.174. The van der Waals surface area contributed by atoms with Gasteiger partial charge in [-0.25, -0.2) is 8.78 Å². The van der Waals surface area contributed by atoms with Gasteiger partial charge in [-0.1, -0.05) is 58.3 Å². The molecule has 0 amide bonds. The Morgan fingerprint density at radius 1 is 0.950 bits per heavy atom. The molecule has 0 aliphatic rings. The van der Waals surface area contributed by atoms with Crippen LogP contribution in [0.25, 0.3) is 0 Å². The minimum Gasteiger partial charge on any atom is -0.375 e. The van der Waals surface area contributed by atoms with Crippen molar-refractivity contribution in [2.75, 3.05) is 13.2 Å². The van der Waals surface area contributed by atoms with Gasteiger partial charge in [0.2, 0.25) is 0 Å². The first-order valence-corrected chi connectivity index (χ1v) is 8.02. The Bertz CT molecular complexity index is 195. The van der Waals surface area contributed by atoms with Crippen molar-refractivity contribution in [3.8, 4) is 0 Å². The lowest BCUT2D eigenvalue weighted by atomic mass is 10.0. The highest BCUT2D eigenvalue weighted by atomic mass is 19.3. The third kappa shape index (κ3) is 14.2. The van der Waals surface area contributed by atoms with Crippen LogP contribution < -0.4 is 11.3 Å². The molecule has 0 radical (unpaired) electrons. The van der Waals surface area contributed by atoms with Gasteiger partial charge in [-0.2, -0.15) is 0 Å². The number of nitrogens with one attached hydrogen (secondary N) is 1. The molecule has 122 valence electrons. The molecule has 0 aromatic carbocycles. The molecule has 0 bridgehead atoms. The molecule has 1 atom stereocenters. The van der Waals surface area contributed by atoms with Gasteiger partial charge in [-0.3, -0.25) is 11.3 Å². The summed E-state index contributed by atoms with van der Waals surface area (Å²) in [5.74, 6) is 5.46. The van der Waals surface area contributed by atoms with Gasteiger partial charge in [0.15, 0.2) is 0 Å². The number of hydrogen-bond acceptors (Lipinski definition) is 3. The molecular formula is C15H32F2N2O. The number of rotatable bonds is 15. The van der Waals surface area contributed by atoms with Gasteiger partial charge in [0.05, 0.1) is 0 Å². The highest BCUT2D eigenvalue weighted by Gasteiger charge is 2.07. The molecule has 1 unspecified atom stereocenters. The number of nitrogens with two attached hydrogens (primary N) is 1. The zero-order chi connectivity index (χ0) is 15.1. The molecule has 3 N–H and O–H groups in total. The molecule has 0 spiro atoms. The Kier molecular flexibility index (Phi) is 14.9. The van der Waals surface area contributed by atoms with Crippen LogP contribution in [-0.2, 0) is 4.74 Å². The lowest BCUT2D eigenvalue weighted by Gasteiger charge is -2.15. The number of unbranched alkanes of at least 4 members (excludes halogenated alkanes) is 7. The minimum absolute atomic E-state index is 0.174. The van der Waals surface area contributed by atoms with Crippen molar-refractivity contribution in [2.45, 2.75) is 83.6 Å². The number of hydrogen-bond donors (Lipinski definition) is 2. The van der Waals surface area contributed by atoms with Gasteiger partial charge in [0.25, 0.3) is 6.43 Å². The minimum atomic E-state index is -2.38. The lowest BCUT2D eigenvalue weighted by molar-refractivity contribution is 0.0141. The third-order valence-corrected chi connectivity index (χ3v) is 3.50. The smallest absolute Gasteiger partial charge is 0.261 e. The molecule has 0 aromatic heterocycles. The maximum Gasteiger partial charge on any atom is 0.261 e. The van der Waals surface area contributed by atoms with E-state index in [-0.39, 0.29) is 6.04 Å². The van der Waals surface area contributed by atoms with Gasteiger partial charge >= 0.3 is 0 Å². The van der Waals surface area contributed by atoms with E-state index >= 15 is 0 Å². The molecule has 0 saturated heterocycles. The molecule has 0 fully saturated rings. The van der Waals surface area contributed by atoms with Gasteiger partial charge < -0.3 is 4.74 Å². The van der Waals surface area contributed by atoms with Crippen LogP contribution in [0.15, 0.2) is 0 Å². The van der Waals surface area contributed by atoms with Crippen molar-refractivity contribution in [3.05, 3.63) is 0 Å². The van der Waals surface area contributed by atoms with E-state index in [1.807, 2.05) is 0 Å². The summed E-state index contributed by atoms with van der Waals surface area (Å²) in [5, 5.41) is 0. The van der Waals surface area contributed by atoms with Crippen LogP contribution in [0.5, 0.6) is 0 Å². The Morgan fingerprint density at radius 2 is 1.55 bits per heavy atom. The first-order chi connectivity index (χ1) is 9.70. The molecule has 0 heterocycles.